The summed E-state index contributed by atoms with van der Waals surface area (Å²) >= 11 is 1.50. The quantitative estimate of drug-likeness (QED) is 0.477. The van der Waals surface area contributed by atoms with E-state index in [9.17, 15) is 10.1 Å². The van der Waals surface area contributed by atoms with Crippen LogP contribution >= 0.6 is 11.3 Å². The molecule has 2 aromatic carbocycles. The number of amides is 1. The molecule has 4 nitrogen and oxygen atoms in total. The van der Waals surface area contributed by atoms with Gasteiger partial charge in [0, 0.05) is 10.6 Å². The summed E-state index contributed by atoms with van der Waals surface area (Å²) in [4.78, 5) is 13.3. The Labute approximate surface area is 162 Å². The van der Waals surface area contributed by atoms with Crippen molar-refractivity contribution >= 4 is 29.0 Å². The highest BCUT2D eigenvalue weighted by molar-refractivity contribution is 7.11. The number of ether oxygens (including phenoxy) is 1. The van der Waals surface area contributed by atoms with E-state index in [1.54, 1.807) is 30.3 Å². The predicted molar refractivity (Wildman–Crippen MR) is 108 cm³/mol. The smallest absolute Gasteiger partial charge is 0.266 e. The lowest BCUT2D eigenvalue weighted by Gasteiger charge is -2.08. The van der Waals surface area contributed by atoms with Crippen LogP contribution in [0.3, 0.4) is 0 Å². The first kappa shape index (κ1) is 18.4. The summed E-state index contributed by atoms with van der Waals surface area (Å²) in [6.07, 6.45) is 1.62. The van der Waals surface area contributed by atoms with Crippen LogP contribution in [0.25, 0.3) is 6.08 Å². The third-order valence-electron chi connectivity index (χ3n) is 3.90. The van der Waals surface area contributed by atoms with Crippen LogP contribution in [-0.4, -0.2) is 5.91 Å². The molecule has 0 unspecified atom stereocenters. The van der Waals surface area contributed by atoms with Crippen molar-refractivity contribution in [3.63, 3.8) is 0 Å². The number of nitriles is 1. The van der Waals surface area contributed by atoms with Gasteiger partial charge in [-0.3, -0.25) is 4.79 Å². The van der Waals surface area contributed by atoms with Crippen LogP contribution < -0.4 is 10.1 Å². The molecule has 1 amide bonds. The lowest BCUT2D eigenvalue weighted by atomic mass is 10.2. The Morgan fingerprint density at radius 3 is 2.52 bits per heavy atom. The number of anilines is 1. The van der Waals surface area contributed by atoms with Crippen molar-refractivity contribution in [2.45, 2.75) is 13.5 Å². The summed E-state index contributed by atoms with van der Waals surface area (Å²) in [5.41, 5.74) is 2.81. The molecule has 0 radical (unpaired) electrons. The fraction of sp³-hybridized carbons (Fsp3) is 0.0909. The van der Waals surface area contributed by atoms with Crippen LogP contribution in [0, 0.1) is 18.3 Å². The summed E-state index contributed by atoms with van der Waals surface area (Å²) in [5.74, 6) is 0.283. The van der Waals surface area contributed by atoms with E-state index in [2.05, 4.69) is 5.32 Å². The number of rotatable bonds is 6. The van der Waals surface area contributed by atoms with Crippen molar-refractivity contribution in [3.8, 4) is 11.8 Å². The van der Waals surface area contributed by atoms with Crippen LogP contribution in [0.4, 0.5) is 5.69 Å². The molecule has 0 bridgehead atoms. The monoisotopic (exact) mass is 374 g/mol. The lowest BCUT2D eigenvalue weighted by molar-refractivity contribution is -0.112. The summed E-state index contributed by atoms with van der Waals surface area (Å²) in [6, 6.07) is 20.9. The maximum atomic E-state index is 12.3. The molecule has 1 aromatic heterocycles. The van der Waals surface area contributed by atoms with E-state index in [1.165, 1.54) is 11.3 Å². The zero-order chi connectivity index (χ0) is 19.1. The van der Waals surface area contributed by atoms with Crippen molar-refractivity contribution in [1.29, 1.82) is 5.26 Å². The highest BCUT2D eigenvalue weighted by Crippen LogP contribution is 2.21. The minimum Gasteiger partial charge on any atom is -0.489 e. The van der Waals surface area contributed by atoms with Crippen LogP contribution in [0.15, 0.2) is 71.6 Å². The molecule has 0 aliphatic rings. The Morgan fingerprint density at radius 2 is 1.89 bits per heavy atom. The minimum absolute atomic E-state index is 0.0740. The number of thiophene rings is 1. The highest BCUT2D eigenvalue weighted by atomic mass is 32.1. The van der Waals surface area contributed by atoms with E-state index >= 15 is 0 Å². The predicted octanol–water partition coefficient (Wildman–Crippen LogP) is 5.18. The van der Waals surface area contributed by atoms with Crippen molar-refractivity contribution in [2.24, 2.45) is 0 Å². The van der Waals surface area contributed by atoms with Gasteiger partial charge in [0.2, 0.25) is 0 Å². The third-order valence-corrected chi connectivity index (χ3v) is 4.87. The van der Waals surface area contributed by atoms with Crippen LogP contribution in [0.1, 0.15) is 16.0 Å². The first-order valence-electron chi connectivity index (χ1n) is 8.40. The summed E-state index contributed by atoms with van der Waals surface area (Å²) in [7, 11) is 0. The molecular formula is C22H18N2O2S. The number of benzene rings is 2. The molecule has 3 aromatic rings. The SMILES string of the molecule is Cc1ccsc1/C=C(\C#N)C(=O)Nc1ccc(OCc2ccccc2)cc1. The second-order valence-corrected chi connectivity index (χ2v) is 6.84. The second-order valence-electron chi connectivity index (χ2n) is 5.89. The molecule has 0 fully saturated rings. The van der Waals surface area contributed by atoms with E-state index in [4.69, 9.17) is 4.74 Å². The first-order valence-corrected chi connectivity index (χ1v) is 9.27. The van der Waals surface area contributed by atoms with Gasteiger partial charge < -0.3 is 10.1 Å². The number of carbonyl (C=O) groups excluding carboxylic acids is 1. The Bertz CT molecular complexity index is 983. The van der Waals surface area contributed by atoms with Crippen LogP contribution in [-0.2, 0) is 11.4 Å². The van der Waals surface area contributed by atoms with Gasteiger partial charge in [-0.15, -0.1) is 11.3 Å². The molecule has 1 heterocycles. The zero-order valence-electron chi connectivity index (χ0n) is 14.8. The zero-order valence-corrected chi connectivity index (χ0v) is 15.6. The normalized spacial score (nSPS) is 10.9. The van der Waals surface area contributed by atoms with Crippen molar-refractivity contribution in [2.75, 3.05) is 5.32 Å². The largest absolute Gasteiger partial charge is 0.489 e. The number of hydrogen-bond donors (Lipinski definition) is 1. The lowest BCUT2D eigenvalue weighted by Crippen LogP contribution is -2.13. The topological polar surface area (TPSA) is 62.1 Å². The standard InChI is InChI=1S/C22H18N2O2S/c1-16-11-12-27-21(16)13-18(14-23)22(25)24-19-7-9-20(10-8-19)26-15-17-5-3-2-4-6-17/h2-13H,15H2,1H3,(H,24,25)/b18-13+. The van der Waals surface area contributed by atoms with E-state index < -0.39 is 5.91 Å². The molecule has 0 aliphatic carbocycles. The molecular weight excluding hydrogens is 356 g/mol. The number of carbonyl (C=O) groups is 1. The Morgan fingerprint density at radius 1 is 1.15 bits per heavy atom. The van der Waals surface area contributed by atoms with E-state index in [0.717, 1.165) is 16.0 Å². The Kier molecular flexibility index (Phi) is 6.03. The third kappa shape index (κ3) is 5.06. The molecule has 3 rings (SSSR count). The van der Waals surface area contributed by atoms with E-state index in [-0.39, 0.29) is 5.57 Å². The molecule has 0 atom stereocenters. The molecule has 0 saturated heterocycles. The van der Waals surface area contributed by atoms with Crippen LogP contribution in [0.2, 0.25) is 0 Å². The minimum atomic E-state index is -0.428. The average molecular weight is 374 g/mol. The second kappa shape index (κ2) is 8.84. The van der Waals surface area contributed by atoms with Gasteiger partial charge >= 0.3 is 0 Å². The highest BCUT2D eigenvalue weighted by Gasteiger charge is 2.11. The Hall–Kier alpha value is -3.36. The molecule has 1 N–H and O–H groups in total. The average Bonchev–Trinajstić information content (AvgIpc) is 3.10. The van der Waals surface area contributed by atoms with E-state index in [1.807, 2.05) is 54.8 Å². The van der Waals surface area contributed by atoms with Crippen molar-refractivity contribution < 1.29 is 9.53 Å². The van der Waals surface area contributed by atoms with Gasteiger partial charge in [-0.25, -0.2) is 0 Å². The molecule has 0 saturated carbocycles. The molecule has 0 spiro atoms. The number of hydrogen-bond acceptors (Lipinski definition) is 4. The van der Waals surface area contributed by atoms with Crippen molar-refractivity contribution in [1.82, 2.24) is 0 Å². The van der Waals surface area contributed by atoms with Gasteiger partial charge in [-0.05, 0) is 59.8 Å². The number of nitrogens with one attached hydrogen (secondary N) is 1. The first-order chi connectivity index (χ1) is 13.2. The van der Waals surface area contributed by atoms with E-state index in [0.29, 0.717) is 18.0 Å². The fourth-order valence-electron chi connectivity index (χ4n) is 2.39. The Balaban J connectivity index is 1.62. The van der Waals surface area contributed by atoms with Gasteiger partial charge in [-0.1, -0.05) is 30.3 Å². The molecule has 5 heteroatoms. The summed E-state index contributed by atoms with van der Waals surface area (Å²) in [5, 5.41) is 14.0. The number of nitrogens with zero attached hydrogens (tertiary/aromatic N) is 1. The maximum Gasteiger partial charge on any atom is 0.266 e. The fourth-order valence-corrected chi connectivity index (χ4v) is 3.24. The van der Waals surface area contributed by atoms with Gasteiger partial charge in [0.05, 0.1) is 0 Å². The summed E-state index contributed by atoms with van der Waals surface area (Å²) in [6.45, 7) is 2.43. The van der Waals surface area contributed by atoms with Gasteiger partial charge in [0.1, 0.15) is 24.0 Å². The van der Waals surface area contributed by atoms with Crippen molar-refractivity contribution in [3.05, 3.63) is 87.6 Å². The maximum absolute atomic E-state index is 12.3. The summed E-state index contributed by atoms with van der Waals surface area (Å²) < 4.78 is 5.73. The van der Waals surface area contributed by atoms with Gasteiger partial charge in [0.15, 0.2) is 0 Å². The molecule has 27 heavy (non-hydrogen) atoms. The number of aryl methyl sites for hydroxylation is 1. The molecule has 134 valence electrons. The van der Waals surface area contributed by atoms with Gasteiger partial charge in [-0.2, -0.15) is 5.26 Å². The van der Waals surface area contributed by atoms with Crippen LogP contribution in [0.5, 0.6) is 5.75 Å². The molecule has 0 aliphatic heterocycles. The van der Waals surface area contributed by atoms with Gasteiger partial charge in [0.25, 0.3) is 5.91 Å².